The summed E-state index contributed by atoms with van der Waals surface area (Å²) < 4.78 is 0. The van der Waals surface area contributed by atoms with Gasteiger partial charge in [-0.05, 0) is 62.1 Å². The monoisotopic (exact) mass is 350 g/mol. The van der Waals surface area contributed by atoms with E-state index in [4.69, 9.17) is 0 Å². The van der Waals surface area contributed by atoms with Gasteiger partial charge in [0.05, 0.1) is 0 Å². The van der Waals surface area contributed by atoms with Gasteiger partial charge in [-0.15, -0.1) is 0 Å². The van der Waals surface area contributed by atoms with Crippen LogP contribution in [0.15, 0.2) is 54.6 Å². The highest BCUT2D eigenvalue weighted by atomic mass is 16.2. The van der Waals surface area contributed by atoms with Crippen molar-refractivity contribution in [2.45, 2.75) is 26.7 Å². The Morgan fingerprint density at radius 3 is 2.12 bits per heavy atom. The molecule has 3 rings (SSSR count). The number of carbonyl (C=O) groups is 2. The predicted molar refractivity (Wildman–Crippen MR) is 105 cm³/mol. The molecule has 2 aromatic carbocycles. The molecule has 0 atom stereocenters. The Labute approximate surface area is 155 Å². The van der Waals surface area contributed by atoms with Crippen molar-refractivity contribution < 1.29 is 9.59 Å². The quantitative estimate of drug-likeness (QED) is 0.828. The molecule has 1 saturated heterocycles. The molecule has 1 aliphatic rings. The number of amides is 2. The number of likely N-dealkylation sites (tertiary alicyclic amines) is 1. The standard InChI is InChI=1S/C22H26N2O2/c1-3-24(20-7-5-4-6-8-20)22(26)19-11-9-18(10-12-19)21(25)23-15-13-17(2)14-16-23/h4-12,17H,3,13-16H2,1-2H3. The Morgan fingerprint density at radius 2 is 1.54 bits per heavy atom. The molecule has 2 amide bonds. The van der Waals surface area contributed by atoms with E-state index in [1.165, 1.54) is 0 Å². The molecular weight excluding hydrogens is 324 g/mol. The molecule has 1 aliphatic heterocycles. The third-order valence-electron chi connectivity index (χ3n) is 5.08. The molecule has 1 fully saturated rings. The lowest BCUT2D eigenvalue weighted by Crippen LogP contribution is -2.38. The summed E-state index contributed by atoms with van der Waals surface area (Å²) in [6.07, 6.45) is 2.12. The molecule has 136 valence electrons. The van der Waals surface area contributed by atoms with Crippen LogP contribution in [0, 0.1) is 5.92 Å². The molecule has 4 nitrogen and oxygen atoms in total. The molecule has 1 heterocycles. The minimum absolute atomic E-state index is 0.0514. The van der Waals surface area contributed by atoms with Gasteiger partial charge in [0.15, 0.2) is 0 Å². The van der Waals surface area contributed by atoms with Gasteiger partial charge in [0.2, 0.25) is 0 Å². The molecule has 2 aromatic rings. The number of para-hydroxylation sites is 1. The molecule has 0 unspecified atom stereocenters. The molecule has 0 radical (unpaired) electrons. The zero-order valence-electron chi connectivity index (χ0n) is 15.5. The smallest absolute Gasteiger partial charge is 0.258 e. The minimum Gasteiger partial charge on any atom is -0.339 e. The molecule has 0 aromatic heterocycles. The van der Waals surface area contributed by atoms with Crippen LogP contribution in [0.2, 0.25) is 0 Å². The minimum atomic E-state index is -0.0514. The molecule has 26 heavy (non-hydrogen) atoms. The summed E-state index contributed by atoms with van der Waals surface area (Å²) >= 11 is 0. The van der Waals surface area contributed by atoms with Crippen LogP contribution < -0.4 is 4.90 Å². The number of hydrogen-bond donors (Lipinski definition) is 0. The first kappa shape index (κ1) is 18.2. The topological polar surface area (TPSA) is 40.6 Å². The van der Waals surface area contributed by atoms with Crippen LogP contribution in [0.4, 0.5) is 5.69 Å². The van der Waals surface area contributed by atoms with E-state index >= 15 is 0 Å². The van der Waals surface area contributed by atoms with E-state index in [0.29, 0.717) is 23.6 Å². The van der Waals surface area contributed by atoms with Crippen LogP contribution in [0.25, 0.3) is 0 Å². The lowest BCUT2D eigenvalue weighted by atomic mass is 9.98. The molecule has 0 bridgehead atoms. The third kappa shape index (κ3) is 3.96. The average Bonchev–Trinajstić information content (AvgIpc) is 2.69. The predicted octanol–water partition coefficient (Wildman–Crippen LogP) is 4.23. The summed E-state index contributed by atoms with van der Waals surface area (Å²) in [7, 11) is 0. The van der Waals surface area contributed by atoms with E-state index in [2.05, 4.69) is 6.92 Å². The summed E-state index contributed by atoms with van der Waals surface area (Å²) in [6, 6.07) is 16.7. The Morgan fingerprint density at radius 1 is 0.962 bits per heavy atom. The van der Waals surface area contributed by atoms with Gasteiger partial charge < -0.3 is 9.80 Å². The van der Waals surface area contributed by atoms with Gasteiger partial charge in [0.1, 0.15) is 0 Å². The van der Waals surface area contributed by atoms with Crippen molar-refractivity contribution in [1.29, 1.82) is 0 Å². The first-order valence-electron chi connectivity index (χ1n) is 9.36. The van der Waals surface area contributed by atoms with Gasteiger partial charge in [0, 0.05) is 36.4 Å². The Balaban J connectivity index is 1.72. The number of piperidine rings is 1. The van der Waals surface area contributed by atoms with Crippen LogP contribution in [-0.2, 0) is 0 Å². The summed E-state index contributed by atoms with van der Waals surface area (Å²) in [4.78, 5) is 29.1. The average molecular weight is 350 g/mol. The lowest BCUT2D eigenvalue weighted by molar-refractivity contribution is 0.0697. The van der Waals surface area contributed by atoms with Gasteiger partial charge in [-0.25, -0.2) is 0 Å². The van der Waals surface area contributed by atoms with Crippen molar-refractivity contribution in [3.8, 4) is 0 Å². The molecule has 4 heteroatoms. The Hall–Kier alpha value is -2.62. The van der Waals surface area contributed by atoms with Gasteiger partial charge in [0.25, 0.3) is 11.8 Å². The Kier molecular flexibility index (Phi) is 5.71. The van der Waals surface area contributed by atoms with Gasteiger partial charge in [-0.2, -0.15) is 0 Å². The van der Waals surface area contributed by atoms with Crippen LogP contribution in [0.3, 0.4) is 0 Å². The number of rotatable bonds is 4. The third-order valence-corrected chi connectivity index (χ3v) is 5.08. The molecule has 0 N–H and O–H groups in total. The largest absolute Gasteiger partial charge is 0.339 e. The summed E-state index contributed by atoms with van der Waals surface area (Å²) in [5, 5.41) is 0. The van der Waals surface area contributed by atoms with Crippen LogP contribution in [0.5, 0.6) is 0 Å². The number of anilines is 1. The SMILES string of the molecule is CCN(C(=O)c1ccc(C(=O)N2CCC(C)CC2)cc1)c1ccccc1. The summed E-state index contributed by atoms with van der Waals surface area (Å²) in [5.74, 6) is 0.702. The first-order valence-corrected chi connectivity index (χ1v) is 9.36. The fourth-order valence-corrected chi connectivity index (χ4v) is 3.36. The first-order chi connectivity index (χ1) is 12.6. The fraction of sp³-hybridized carbons (Fsp3) is 0.364. The van der Waals surface area contributed by atoms with Gasteiger partial charge >= 0.3 is 0 Å². The maximum Gasteiger partial charge on any atom is 0.258 e. The fourth-order valence-electron chi connectivity index (χ4n) is 3.36. The van der Waals surface area contributed by atoms with E-state index in [0.717, 1.165) is 31.6 Å². The highest BCUT2D eigenvalue weighted by Gasteiger charge is 2.22. The van der Waals surface area contributed by atoms with Crippen molar-refractivity contribution in [2.75, 3.05) is 24.5 Å². The second-order valence-electron chi connectivity index (χ2n) is 6.94. The Bertz CT molecular complexity index is 747. The van der Waals surface area contributed by atoms with Crippen LogP contribution >= 0.6 is 0 Å². The van der Waals surface area contributed by atoms with E-state index in [1.807, 2.05) is 42.2 Å². The lowest BCUT2D eigenvalue weighted by Gasteiger charge is -2.30. The zero-order valence-corrected chi connectivity index (χ0v) is 15.5. The van der Waals surface area contributed by atoms with Crippen molar-refractivity contribution in [1.82, 2.24) is 4.90 Å². The number of benzene rings is 2. The molecule has 0 aliphatic carbocycles. The van der Waals surface area contributed by atoms with Crippen molar-refractivity contribution in [2.24, 2.45) is 5.92 Å². The molecule has 0 spiro atoms. The second-order valence-corrected chi connectivity index (χ2v) is 6.94. The van der Waals surface area contributed by atoms with Crippen LogP contribution in [0.1, 0.15) is 47.4 Å². The second kappa shape index (κ2) is 8.17. The summed E-state index contributed by atoms with van der Waals surface area (Å²) in [5.41, 5.74) is 2.13. The summed E-state index contributed by atoms with van der Waals surface area (Å²) in [6.45, 7) is 6.42. The number of nitrogens with zero attached hydrogens (tertiary/aromatic N) is 2. The van der Waals surface area contributed by atoms with E-state index < -0.39 is 0 Å². The van der Waals surface area contributed by atoms with Crippen molar-refractivity contribution in [3.05, 3.63) is 65.7 Å². The maximum atomic E-state index is 12.8. The van der Waals surface area contributed by atoms with Gasteiger partial charge in [-0.3, -0.25) is 9.59 Å². The normalized spacial score (nSPS) is 14.9. The maximum absolute atomic E-state index is 12.8. The van der Waals surface area contributed by atoms with Crippen LogP contribution in [-0.4, -0.2) is 36.3 Å². The molecular formula is C22H26N2O2. The zero-order chi connectivity index (χ0) is 18.5. The van der Waals surface area contributed by atoms with E-state index in [9.17, 15) is 9.59 Å². The van der Waals surface area contributed by atoms with Gasteiger partial charge in [-0.1, -0.05) is 25.1 Å². The number of carbonyl (C=O) groups excluding carboxylic acids is 2. The van der Waals surface area contributed by atoms with Crippen molar-refractivity contribution in [3.63, 3.8) is 0 Å². The number of hydrogen-bond acceptors (Lipinski definition) is 2. The highest BCUT2D eigenvalue weighted by molar-refractivity contribution is 6.06. The van der Waals surface area contributed by atoms with E-state index in [-0.39, 0.29) is 11.8 Å². The van der Waals surface area contributed by atoms with E-state index in [1.54, 1.807) is 29.2 Å². The highest BCUT2D eigenvalue weighted by Crippen LogP contribution is 2.20. The molecule has 0 saturated carbocycles. The van der Waals surface area contributed by atoms with Crippen molar-refractivity contribution >= 4 is 17.5 Å².